The quantitative estimate of drug-likeness (QED) is 0.0196. The lowest BCUT2D eigenvalue weighted by Gasteiger charge is -2.41. The lowest BCUT2D eigenvalue weighted by atomic mass is 9.99. The summed E-state index contributed by atoms with van der Waals surface area (Å²) in [7, 11) is 0. The molecule has 1 fully saturated rings. The molecule has 0 aromatic carbocycles. The van der Waals surface area contributed by atoms with Crippen LogP contribution in [-0.2, 0) is 23.8 Å². The summed E-state index contributed by atoms with van der Waals surface area (Å²) in [5.74, 6) is -1.22. The van der Waals surface area contributed by atoms with Crippen LogP contribution in [0.15, 0.2) is 48.6 Å². The predicted octanol–water partition coefficient (Wildman–Crippen LogP) is 10.9. The molecule has 1 amide bonds. The van der Waals surface area contributed by atoms with Crippen LogP contribution in [-0.4, -0.2) is 99.6 Å². The average Bonchev–Trinajstić information content (AvgIpc) is 3.30. The van der Waals surface area contributed by atoms with Crippen LogP contribution in [0.1, 0.15) is 220 Å². The second-order valence-corrected chi connectivity index (χ2v) is 18.2. The summed E-state index contributed by atoms with van der Waals surface area (Å²) in [5.41, 5.74) is 0. The molecule has 8 unspecified atom stereocenters. The van der Waals surface area contributed by atoms with E-state index >= 15 is 0 Å². The molecule has 8 atom stereocenters. The molecule has 1 heterocycles. The van der Waals surface area contributed by atoms with Gasteiger partial charge in [0.15, 0.2) is 12.4 Å². The van der Waals surface area contributed by atoms with Crippen molar-refractivity contribution in [1.29, 1.82) is 0 Å². The Kier molecular flexibility index (Phi) is 40.1. The zero-order valence-corrected chi connectivity index (χ0v) is 41.3. The van der Waals surface area contributed by atoms with Gasteiger partial charge in [0.2, 0.25) is 5.91 Å². The van der Waals surface area contributed by atoms with E-state index in [0.29, 0.717) is 12.8 Å². The second-order valence-electron chi connectivity index (χ2n) is 18.2. The van der Waals surface area contributed by atoms with E-state index < -0.39 is 67.4 Å². The minimum absolute atomic E-state index is 0.122. The van der Waals surface area contributed by atoms with Gasteiger partial charge in [0.1, 0.15) is 24.4 Å². The standard InChI is InChI=1S/C54H97NO10/c1-4-7-10-13-16-19-22-24-27-29-32-35-38-41-47(58)53(62)55-45(46(57)40-37-34-31-28-26-23-20-17-14-11-8-5-2)44-63-54-52(51(61)50(60)48(43-56)64-54)65-49(59)42-39-36-33-30-25-21-18-15-12-9-6-3/h7,10,16,19,24,27,37,40,45-48,50-52,54,56-58,60-61H,4-6,8-9,11-15,17-18,20-23,25-26,28-36,38-39,41-44H2,1-3H3,(H,55,62)/b10-7+,19-16+,27-24+,40-37+. The highest BCUT2D eigenvalue weighted by atomic mass is 16.7. The maximum absolute atomic E-state index is 13.3. The lowest BCUT2D eigenvalue weighted by molar-refractivity contribution is -0.305. The number of hydrogen-bond donors (Lipinski definition) is 6. The summed E-state index contributed by atoms with van der Waals surface area (Å²) < 4.78 is 17.5. The highest BCUT2D eigenvalue weighted by Gasteiger charge is 2.47. The number of unbranched alkanes of at least 4 members (excludes halogenated alkanes) is 23. The minimum Gasteiger partial charge on any atom is -0.454 e. The van der Waals surface area contributed by atoms with Crippen LogP contribution in [0, 0.1) is 0 Å². The Morgan fingerprint density at radius 1 is 0.615 bits per heavy atom. The highest BCUT2D eigenvalue weighted by molar-refractivity contribution is 5.80. The Balaban J connectivity index is 2.80. The maximum atomic E-state index is 13.3. The number of carbonyl (C=O) groups is 2. The number of nitrogens with one attached hydrogen (secondary N) is 1. The van der Waals surface area contributed by atoms with E-state index in [-0.39, 0.29) is 19.4 Å². The molecular formula is C54H97NO10. The van der Waals surface area contributed by atoms with E-state index in [9.17, 15) is 35.1 Å². The van der Waals surface area contributed by atoms with E-state index in [1.54, 1.807) is 6.08 Å². The first-order valence-corrected chi connectivity index (χ1v) is 26.4. The van der Waals surface area contributed by atoms with E-state index in [4.69, 9.17) is 14.2 Å². The summed E-state index contributed by atoms with van der Waals surface area (Å²) >= 11 is 0. The number of aliphatic hydroxyl groups is 5. The van der Waals surface area contributed by atoms with Crippen molar-refractivity contribution in [2.45, 2.75) is 269 Å². The zero-order valence-electron chi connectivity index (χ0n) is 41.3. The molecule has 1 aliphatic heterocycles. The van der Waals surface area contributed by atoms with Crippen molar-refractivity contribution < 1.29 is 49.3 Å². The molecule has 0 saturated carbocycles. The number of ether oxygens (including phenoxy) is 3. The van der Waals surface area contributed by atoms with Crippen LogP contribution in [0.4, 0.5) is 0 Å². The fourth-order valence-electron chi connectivity index (χ4n) is 8.02. The Bertz CT molecular complexity index is 1240. The first kappa shape index (κ1) is 60.6. The number of allylic oxidation sites excluding steroid dienone is 7. The molecule has 0 aromatic rings. The molecule has 0 bridgehead atoms. The van der Waals surface area contributed by atoms with Gasteiger partial charge in [-0.25, -0.2) is 0 Å². The topological polar surface area (TPSA) is 175 Å². The number of esters is 1. The fourth-order valence-corrected chi connectivity index (χ4v) is 8.02. The Morgan fingerprint density at radius 2 is 1.11 bits per heavy atom. The molecule has 6 N–H and O–H groups in total. The van der Waals surface area contributed by atoms with Crippen LogP contribution in [0.5, 0.6) is 0 Å². The van der Waals surface area contributed by atoms with Gasteiger partial charge in [-0.2, -0.15) is 0 Å². The Hall–Kier alpha value is -2.38. The summed E-state index contributed by atoms with van der Waals surface area (Å²) in [6, 6.07) is -1.03. The van der Waals surface area contributed by atoms with Crippen molar-refractivity contribution >= 4 is 11.9 Å². The smallest absolute Gasteiger partial charge is 0.306 e. The van der Waals surface area contributed by atoms with Crippen molar-refractivity contribution in [2.24, 2.45) is 0 Å². The van der Waals surface area contributed by atoms with Gasteiger partial charge in [0.25, 0.3) is 0 Å². The van der Waals surface area contributed by atoms with Crippen molar-refractivity contribution in [2.75, 3.05) is 13.2 Å². The highest BCUT2D eigenvalue weighted by Crippen LogP contribution is 2.26. The van der Waals surface area contributed by atoms with Gasteiger partial charge in [-0.1, -0.05) is 204 Å². The van der Waals surface area contributed by atoms with Gasteiger partial charge >= 0.3 is 5.97 Å². The molecule has 65 heavy (non-hydrogen) atoms. The number of aliphatic hydroxyl groups excluding tert-OH is 5. The van der Waals surface area contributed by atoms with Gasteiger partial charge in [0.05, 0.1) is 25.4 Å². The SMILES string of the molecule is CC/C=C/C/C=C/C/C=C/CCCCCC(O)C(=O)NC(COC1OC(CO)C(O)C(O)C1OC(=O)CCCCCCCCCCCCC)C(O)/C=C/CCCCCCCCCCCC. The molecule has 1 aliphatic rings. The first-order valence-electron chi connectivity index (χ1n) is 26.4. The molecule has 1 saturated heterocycles. The summed E-state index contributed by atoms with van der Waals surface area (Å²) in [6.45, 7) is 5.61. The third kappa shape index (κ3) is 32.1. The molecule has 378 valence electrons. The largest absolute Gasteiger partial charge is 0.454 e. The molecule has 0 aliphatic carbocycles. The number of hydrogen-bond acceptors (Lipinski definition) is 10. The van der Waals surface area contributed by atoms with E-state index in [1.807, 2.05) is 6.08 Å². The third-order valence-electron chi connectivity index (χ3n) is 12.2. The van der Waals surface area contributed by atoms with Gasteiger partial charge in [-0.05, 0) is 57.8 Å². The Morgan fingerprint density at radius 3 is 1.66 bits per heavy atom. The summed E-state index contributed by atoms with van der Waals surface area (Å²) in [6.07, 6.45) is 38.8. The van der Waals surface area contributed by atoms with Crippen LogP contribution in [0.2, 0.25) is 0 Å². The third-order valence-corrected chi connectivity index (χ3v) is 12.2. The average molecular weight is 920 g/mol. The fraction of sp³-hybridized carbons (Fsp3) is 0.815. The van der Waals surface area contributed by atoms with Gasteiger partial charge in [-0.3, -0.25) is 9.59 Å². The van der Waals surface area contributed by atoms with Crippen molar-refractivity contribution in [3.05, 3.63) is 48.6 Å². The van der Waals surface area contributed by atoms with E-state index in [0.717, 1.165) is 77.0 Å². The normalized spacial score (nSPS) is 20.6. The van der Waals surface area contributed by atoms with Crippen LogP contribution >= 0.6 is 0 Å². The predicted molar refractivity (Wildman–Crippen MR) is 264 cm³/mol. The molecular weight excluding hydrogens is 823 g/mol. The summed E-state index contributed by atoms with van der Waals surface area (Å²) in [4.78, 5) is 26.3. The molecule has 0 aromatic heterocycles. The van der Waals surface area contributed by atoms with Crippen LogP contribution in [0.3, 0.4) is 0 Å². The van der Waals surface area contributed by atoms with Gasteiger partial charge in [-0.15, -0.1) is 0 Å². The maximum Gasteiger partial charge on any atom is 0.306 e. The van der Waals surface area contributed by atoms with Gasteiger partial charge in [0, 0.05) is 6.42 Å². The zero-order chi connectivity index (χ0) is 47.6. The van der Waals surface area contributed by atoms with Crippen LogP contribution in [0.25, 0.3) is 0 Å². The lowest BCUT2D eigenvalue weighted by Crippen LogP contribution is -2.61. The minimum atomic E-state index is -1.61. The van der Waals surface area contributed by atoms with Crippen molar-refractivity contribution in [1.82, 2.24) is 5.32 Å². The molecule has 11 heteroatoms. The van der Waals surface area contributed by atoms with Crippen LogP contribution < -0.4 is 5.32 Å². The van der Waals surface area contributed by atoms with Gasteiger partial charge < -0.3 is 45.1 Å². The second kappa shape index (κ2) is 42.9. The van der Waals surface area contributed by atoms with Crippen molar-refractivity contribution in [3.8, 4) is 0 Å². The Labute approximate surface area is 396 Å². The number of amides is 1. The molecule has 0 spiro atoms. The summed E-state index contributed by atoms with van der Waals surface area (Å²) in [5, 5.41) is 56.5. The first-order chi connectivity index (χ1) is 31.7. The molecule has 11 nitrogen and oxygen atoms in total. The van der Waals surface area contributed by atoms with E-state index in [1.165, 1.54) is 96.3 Å². The number of rotatable bonds is 43. The molecule has 1 rings (SSSR count). The monoisotopic (exact) mass is 920 g/mol. The van der Waals surface area contributed by atoms with Crippen molar-refractivity contribution in [3.63, 3.8) is 0 Å². The van der Waals surface area contributed by atoms with E-state index in [2.05, 4.69) is 62.5 Å². The number of carbonyl (C=O) groups excluding carboxylic acids is 2. The molecule has 0 radical (unpaired) electrons.